The van der Waals surface area contributed by atoms with Gasteiger partial charge in [0.1, 0.15) is 12.6 Å². The second kappa shape index (κ2) is 12.8. The Kier molecular flexibility index (Phi) is 10.6. The smallest absolute Gasteiger partial charge is 0.244 e. The van der Waals surface area contributed by atoms with Crippen LogP contribution in [0.4, 0.5) is 5.69 Å². The van der Waals surface area contributed by atoms with E-state index in [1.807, 2.05) is 40.7 Å². The van der Waals surface area contributed by atoms with Crippen LogP contribution in [0.3, 0.4) is 0 Å². The van der Waals surface area contributed by atoms with Gasteiger partial charge in [0.25, 0.3) is 0 Å². The van der Waals surface area contributed by atoms with E-state index in [4.69, 9.17) is 23.2 Å². The maximum atomic E-state index is 13.7. The van der Waals surface area contributed by atoms with Gasteiger partial charge in [-0.1, -0.05) is 56.1 Å². The molecule has 10 heteroatoms. The summed E-state index contributed by atoms with van der Waals surface area (Å²) in [7, 11) is -3.80. The fourth-order valence-corrected chi connectivity index (χ4v) is 5.19. The van der Waals surface area contributed by atoms with Gasteiger partial charge in [-0.2, -0.15) is 0 Å². The molecule has 0 aliphatic rings. The molecule has 1 N–H and O–H groups in total. The molecule has 0 heterocycles. The Morgan fingerprint density at radius 2 is 1.64 bits per heavy atom. The van der Waals surface area contributed by atoms with Gasteiger partial charge >= 0.3 is 0 Å². The van der Waals surface area contributed by atoms with Crippen molar-refractivity contribution < 1.29 is 18.0 Å². The Balaban J connectivity index is 2.49. The third-order valence-electron chi connectivity index (χ3n) is 5.60. The molecule has 198 valence electrons. The van der Waals surface area contributed by atoms with Crippen molar-refractivity contribution in [1.82, 2.24) is 10.2 Å². The highest BCUT2D eigenvalue weighted by Crippen LogP contribution is 2.25. The topological polar surface area (TPSA) is 86.8 Å². The van der Waals surface area contributed by atoms with Crippen molar-refractivity contribution in [1.29, 1.82) is 0 Å². The molecule has 0 bridgehead atoms. The van der Waals surface area contributed by atoms with Gasteiger partial charge in [-0.15, -0.1) is 0 Å². The molecule has 2 rings (SSSR count). The standard InChI is InChI=1S/C26H35Cl2N3O4S/c1-7-24(26(33)29-14-17(2)3)30(15-20-8-9-21(27)13-23(20)28)25(32)16-31(36(6,34)35)22-11-18(4)10-19(5)12-22/h8-13,17,24H,7,14-16H2,1-6H3,(H,29,33)/t24-/m1/s1. The number of nitrogens with one attached hydrogen (secondary N) is 1. The van der Waals surface area contributed by atoms with Crippen LogP contribution >= 0.6 is 23.2 Å². The van der Waals surface area contributed by atoms with E-state index < -0.39 is 28.5 Å². The van der Waals surface area contributed by atoms with Gasteiger partial charge in [0.05, 0.1) is 11.9 Å². The molecule has 0 aliphatic carbocycles. The third kappa shape index (κ3) is 8.39. The predicted molar refractivity (Wildman–Crippen MR) is 147 cm³/mol. The molecule has 0 fully saturated rings. The molecule has 0 aliphatic heterocycles. The number of benzene rings is 2. The van der Waals surface area contributed by atoms with E-state index in [1.165, 1.54) is 4.90 Å². The van der Waals surface area contributed by atoms with Crippen molar-refractivity contribution in [2.45, 2.75) is 53.6 Å². The van der Waals surface area contributed by atoms with Crippen LogP contribution in [0, 0.1) is 19.8 Å². The monoisotopic (exact) mass is 555 g/mol. The van der Waals surface area contributed by atoms with E-state index in [1.54, 1.807) is 30.3 Å². The number of amides is 2. The number of carbonyl (C=O) groups is 2. The summed E-state index contributed by atoms with van der Waals surface area (Å²) in [6.07, 6.45) is 1.40. The van der Waals surface area contributed by atoms with Gasteiger partial charge < -0.3 is 10.2 Å². The SMILES string of the molecule is CC[C@H](C(=O)NCC(C)C)N(Cc1ccc(Cl)cc1Cl)C(=O)CN(c1cc(C)cc(C)c1)S(C)(=O)=O. The second-order valence-electron chi connectivity index (χ2n) is 9.44. The molecular formula is C26H35Cl2N3O4S. The molecule has 7 nitrogen and oxygen atoms in total. The highest BCUT2D eigenvalue weighted by atomic mass is 35.5. The highest BCUT2D eigenvalue weighted by molar-refractivity contribution is 7.92. The molecule has 0 saturated carbocycles. The van der Waals surface area contributed by atoms with Crippen LogP contribution < -0.4 is 9.62 Å². The molecule has 0 aromatic heterocycles. The average Bonchev–Trinajstić information content (AvgIpc) is 2.75. The molecule has 0 saturated heterocycles. The van der Waals surface area contributed by atoms with Crippen molar-refractivity contribution in [3.05, 3.63) is 63.1 Å². The van der Waals surface area contributed by atoms with Crippen LogP contribution in [0.5, 0.6) is 0 Å². The summed E-state index contributed by atoms with van der Waals surface area (Å²) in [5.74, 6) is -0.592. The number of halogens is 2. The largest absolute Gasteiger partial charge is 0.354 e. The molecule has 0 spiro atoms. The molecule has 2 amide bonds. The van der Waals surface area contributed by atoms with Crippen molar-refractivity contribution >= 4 is 50.7 Å². The van der Waals surface area contributed by atoms with Gasteiger partial charge in [-0.3, -0.25) is 13.9 Å². The summed E-state index contributed by atoms with van der Waals surface area (Å²) in [6.45, 7) is 9.50. The predicted octanol–water partition coefficient (Wildman–Crippen LogP) is 4.96. The van der Waals surface area contributed by atoms with Crippen LogP contribution in [0.25, 0.3) is 0 Å². The number of sulfonamides is 1. The van der Waals surface area contributed by atoms with E-state index >= 15 is 0 Å². The Labute approximate surface area is 224 Å². The number of nitrogens with zero attached hydrogens (tertiary/aromatic N) is 2. The Hall–Kier alpha value is -2.29. The minimum atomic E-state index is -3.80. The van der Waals surface area contributed by atoms with Gasteiger partial charge in [0.15, 0.2) is 0 Å². The summed E-state index contributed by atoms with van der Waals surface area (Å²) in [6, 6.07) is 9.46. The zero-order valence-electron chi connectivity index (χ0n) is 21.6. The maximum Gasteiger partial charge on any atom is 0.244 e. The second-order valence-corrected chi connectivity index (χ2v) is 12.2. The fraction of sp³-hybridized carbons (Fsp3) is 0.462. The average molecular weight is 557 g/mol. The number of anilines is 1. The van der Waals surface area contributed by atoms with E-state index in [-0.39, 0.29) is 18.4 Å². The Morgan fingerprint density at radius 3 is 2.14 bits per heavy atom. The lowest BCUT2D eigenvalue weighted by molar-refractivity contribution is -0.140. The summed E-state index contributed by atoms with van der Waals surface area (Å²) in [5, 5.41) is 3.69. The Morgan fingerprint density at radius 1 is 1.03 bits per heavy atom. The first-order chi connectivity index (χ1) is 16.7. The summed E-state index contributed by atoms with van der Waals surface area (Å²) >= 11 is 12.4. The van der Waals surface area contributed by atoms with Crippen molar-refractivity contribution in [2.75, 3.05) is 23.7 Å². The van der Waals surface area contributed by atoms with E-state index in [2.05, 4.69) is 5.32 Å². The molecule has 0 radical (unpaired) electrons. The third-order valence-corrected chi connectivity index (χ3v) is 7.33. The van der Waals surface area contributed by atoms with Gasteiger partial charge in [-0.05, 0) is 67.1 Å². The normalized spacial score (nSPS) is 12.4. The zero-order valence-corrected chi connectivity index (χ0v) is 24.0. The number of hydrogen-bond donors (Lipinski definition) is 1. The quantitative estimate of drug-likeness (QED) is 0.424. The lowest BCUT2D eigenvalue weighted by atomic mass is 10.1. The summed E-state index contributed by atoms with van der Waals surface area (Å²) in [5.41, 5.74) is 2.73. The fourth-order valence-electron chi connectivity index (χ4n) is 3.88. The Bertz CT molecular complexity index is 1180. The number of rotatable bonds is 11. The van der Waals surface area contributed by atoms with Gasteiger partial charge in [-0.25, -0.2) is 8.42 Å². The van der Waals surface area contributed by atoms with Crippen LogP contribution in [0.2, 0.25) is 10.0 Å². The van der Waals surface area contributed by atoms with Crippen molar-refractivity contribution in [2.24, 2.45) is 5.92 Å². The molecule has 2 aromatic carbocycles. The first kappa shape index (κ1) is 29.9. The van der Waals surface area contributed by atoms with Crippen LogP contribution in [-0.4, -0.2) is 50.5 Å². The molecule has 36 heavy (non-hydrogen) atoms. The molecule has 0 unspecified atom stereocenters. The molecular weight excluding hydrogens is 521 g/mol. The zero-order chi connectivity index (χ0) is 27.2. The lowest BCUT2D eigenvalue weighted by Gasteiger charge is -2.33. The van der Waals surface area contributed by atoms with E-state index in [0.717, 1.165) is 21.7 Å². The first-order valence-corrected chi connectivity index (χ1v) is 14.4. The van der Waals surface area contributed by atoms with Gasteiger partial charge in [0, 0.05) is 23.1 Å². The minimum absolute atomic E-state index is 0.0207. The van der Waals surface area contributed by atoms with E-state index in [9.17, 15) is 18.0 Å². The van der Waals surface area contributed by atoms with E-state index in [0.29, 0.717) is 34.3 Å². The first-order valence-electron chi connectivity index (χ1n) is 11.8. The minimum Gasteiger partial charge on any atom is -0.354 e. The van der Waals surface area contributed by atoms with Crippen molar-refractivity contribution in [3.8, 4) is 0 Å². The highest BCUT2D eigenvalue weighted by Gasteiger charge is 2.32. The number of hydrogen-bond acceptors (Lipinski definition) is 4. The van der Waals surface area contributed by atoms with Gasteiger partial charge in [0.2, 0.25) is 21.8 Å². The van der Waals surface area contributed by atoms with Crippen LogP contribution in [-0.2, 0) is 26.2 Å². The van der Waals surface area contributed by atoms with Crippen LogP contribution in [0.1, 0.15) is 43.9 Å². The number of carbonyl (C=O) groups excluding carboxylic acids is 2. The lowest BCUT2D eigenvalue weighted by Crippen LogP contribution is -2.52. The van der Waals surface area contributed by atoms with Crippen LogP contribution in [0.15, 0.2) is 36.4 Å². The van der Waals surface area contributed by atoms with Crippen molar-refractivity contribution in [3.63, 3.8) is 0 Å². The maximum absolute atomic E-state index is 13.7. The molecule has 2 aromatic rings. The summed E-state index contributed by atoms with van der Waals surface area (Å²) in [4.78, 5) is 28.2. The summed E-state index contributed by atoms with van der Waals surface area (Å²) < 4.78 is 26.6. The number of aryl methyl sites for hydroxylation is 2. The molecule has 1 atom stereocenters.